The molecule has 0 aromatic heterocycles. The molecule has 15 rings (SSSR count). The second-order valence-corrected chi connectivity index (χ2v) is 42.4. The first-order valence-corrected chi connectivity index (χ1v) is 48.0. The molecule has 12 saturated carbocycles. The SMILES string of the molecule is CCC(C)(C)C(=O)OC.CCC(C)(C)C(=O)OC.CCC(C)(C)C(=O)OC.CCC(C)(C)C(=O)OCC(=O)OC1C2CC3C1OC(=O)C3C2C(=O)OC.CCC(C)(C)C(=O)OCC1C2CC3C1OC(=O)C3C2C(=O)OC.CCC(C)(C)C(=O)OCCC(=O)OC1C2CC3C1OC(=O)C3C2C(=O)OC.N#CC1CC2CCC1C2.[C-]#[N+]C1C2CCC(C2)C1C#N.[C-]#[N+]CC1CC2CCC1C2. The van der Waals surface area contributed by atoms with Gasteiger partial charge in [-0.15, -0.1) is 0 Å². The summed E-state index contributed by atoms with van der Waals surface area (Å²) in [5.74, 6) is -3.23. The fourth-order valence-corrected chi connectivity index (χ4v) is 22.0. The Morgan fingerprint density at radius 2 is 0.767 bits per heavy atom. The van der Waals surface area contributed by atoms with Gasteiger partial charge in [0.05, 0.1) is 136 Å². The summed E-state index contributed by atoms with van der Waals surface area (Å²) in [5.41, 5.74) is -2.75. The largest absolute Gasteiger partial charge is 0.469 e. The van der Waals surface area contributed by atoms with Gasteiger partial charge in [0, 0.05) is 53.3 Å². The Morgan fingerprint density at radius 1 is 0.398 bits per heavy atom. The maximum absolute atomic E-state index is 12.2. The molecule has 0 spiro atoms. The molecule has 0 amide bonds. The first-order valence-electron chi connectivity index (χ1n) is 48.0. The summed E-state index contributed by atoms with van der Waals surface area (Å²) in [5, 5.41) is 17.4. The Balaban J connectivity index is 0.000000213. The van der Waals surface area contributed by atoms with Gasteiger partial charge in [0.15, 0.2) is 6.61 Å². The second-order valence-electron chi connectivity index (χ2n) is 42.4. The Hall–Kier alpha value is -9.46. The number of rotatable bonds is 25. The first kappa shape index (κ1) is 111. The van der Waals surface area contributed by atoms with Crippen molar-refractivity contribution >= 4 is 83.6 Å². The highest BCUT2D eigenvalue weighted by Crippen LogP contribution is 2.63. The lowest BCUT2D eigenvalue weighted by Crippen LogP contribution is -2.44. The molecule has 742 valence electrons. The fourth-order valence-electron chi connectivity index (χ4n) is 22.0. The van der Waals surface area contributed by atoms with Crippen LogP contribution in [0.2, 0.25) is 0 Å². The van der Waals surface area contributed by atoms with Crippen molar-refractivity contribution in [2.75, 3.05) is 69.0 Å². The van der Waals surface area contributed by atoms with E-state index in [0.717, 1.165) is 68.2 Å². The maximum atomic E-state index is 12.2. The third-order valence-corrected chi connectivity index (χ3v) is 32.5. The van der Waals surface area contributed by atoms with E-state index in [1.54, 1.807) is 27.7 Å². The molecule has 12 aliphatic carbocycles. The molecule has 32 heteroatoms. The molecule has 0 aromatic carbocycles. The van der Waals surface area contributed by atoms with Crippen molar-refractivity contribution in [3.63, 3.8) is 0 Å². The van der Waals surface area contributed by atoms with Gasteiger partial charge in [-0.1, -0.05) is 54.4 Å². The summed E-state index contributed by atoms with van der Waals surface area (Å²) in [4.78, 5) is 173. The molecule has 3 aliphatic heterocycles. The number of methoxy groups -OCH3 is 6. The summed E-state index contributed by atoms with van der Waals surface area (Å²) >= 11 is 0. The lowest BCUT2D eigenvalue weighted by atomic mass is 9.74. The van der Waals surface area contributed by atoms with Crippen LogP contribution in [0.1, 0.15) is 259 Å². The van der Waals surface area contributed by atoms with Crippen LogP contribution in [0.15, 0.2) is 0 Å². The quantitative estimate of drug-likeness (QED) is 0.0465. The zero-order chi connectivity index (χ0) is 99.7. The van der Waals surface area contributed by atoms with Crippen molar-refractivity contribution in [3.8, 4) is 12.1 Å². The molecular weight excluding hydrogens is 1720 g/mol. The predicted octanol–water partition coefficient (Wildman–Crippen LogP) is 14.6. The highest BCUT2D eigenvalue weighted by Gasteiger charge is 2.73. The van der Waals surface area contributed by atoms with Gasteiger partial charge in [-0.3, -0.25) is 62.3 Å². The van der Waals surface area contributed by atoms with Gasteiger partial charge in [0.1, 0.15) is 43.0 Å². The topological polar surface area (TPSA) is 425 Å². The van der Waals surface area contributed by atoms with Crippen LogP contribution in [0.5, 0.6) is 0 Å². The number of esters is 14. The monoisotopic (exact) mass is 1870 g/mol. The van der Waals surface area contributed by atoms with E-state index in [1.165, 1.54) is 107 Å². The van der Waals surface area contributed by atoms with Crippen LogP contribution in [0.25, 0.3) is 9.69 Å². The van der Waals surface area contributed by atoms with Crippen LogP contribution in [0, 0.1) is 198 Å². The van der Waals surface area contributed by atoms with Crippen LogP contribution in [0.3, 0.4) is 0 Å². The second kappa shape index (κ2) is 47.3. The lowest BCUT2D eigenvalue weighted by Gasteiger charge is -2.31. The summed E-state index contributed by atoms with van der Waals surface area (Å²) in [6.07, 6.45) is 18.1. The molecule has 28 atom stereocenters. The van der Waals surface area contributed by atoms with E-state index in [-0.39, 0.29) is 143 Å². The highest BCUT2D eigenvalue weighted by atomic mass is 16.6. The maximum Gasteiger partial charge on any atom is 0.344 e. The number of hydrogen-bond acceptors (Lipinski definition) is 30. The molecule has 12 bridgehead atoms. The van der Waals surface area contributed by atoms with Crippen LogP contribution in [0.4, 0.5) is 0 Å². The molecule has 32 nitrogen and oxygen atoms in total. The van der Waals surface area contributed by atoms with Crippen molar-refractivity contribution in [2.24, 2.45) is 163 Å². The van der Waals surface area contributed by atoms with E-state index in [2.05, 4.69) is 36.0 Å². The lowest BCUT2D eigenvalue weighted by molar-refractivity contribution is -0.174. The van der Waals surface area contributed by atoms with E-state index >= 15 is 0 Å². The van der Waals surface area contributed by atoms with E-state index in [4.69, 9.17) is 75.8 Å². The molecule has 0 N–H and O–H groups in total. The molecular formula is C101H150N4O28. The standard InChI is InChI=1S/C19H26O8.C18H24O8.C17H24O6.C9H10N2.C9H13N.C8H11N.3C7H14O2/c1-5-19(2,3)18(23)25-7-6-11(20)26-14-9-8-10-13(12(9)16(21)24-4)17(22)27-15(10)14;1-5-18(2,3)17(22)24-7-10(19)25-13-8-6-9-12(11(8)15(20)23-4)16(21)26-14(9)13;1-5-17(2,3)16(20)22-7-10-8-6-9-12(11(8)14(18)21-4)15(19)23-13(9)10;1-11-9-7-3-2-6(4-7)8(9)5-10;1-10-6-9-5-7-2-3-8(9)4-7;9-5-8-4-6-1-2-7(8)3-6;3*1-5-7(2,3)6(8)9-4/h9-10,12-15H,5-8H2,1-4H3;8-9,11-14H,5-7H2,1-4H3;8-13H,5-7H2,1-4H3;6-9H,2-4H2;7-9H,2-6H2;6-8H,1-4H2;3*5H2,1-4H3. The minimum absolute atomic E-state index is 0.00793. The normalized spacial score (nSPS) is 32.6. The van der Waals surface area contributed by atoms with Crippen molar-refractivity contribution in [1.29, 1.82) is 10.5 Å². The zero-order valence-electron chi connectivity index (χ0n) is 83.1. The minimum atomic E-state index is -0.717. The van der Waals surface area contributed by atoms with Gasteiger partial charge in [0.2, 0.25) is 12.6 Å². The van der Waals surface area contributed by atoms with Gasteiger partial charge >= 0.3 is 83.6 Å². The van der Waals surface area contributed by atoms with E-state index in [9.17, 15) is 67.1 Å². The molecule has 15 aliphatic rings. The summed E-state index contributed by atoms with van der Waals surface area (Å²) in [6.45, 7) is 47.7. The zero-order valence-corrected chi connectivity index (χ0v) is 83.1. The van der Waals surface area contributed by atoms with Gasteiger partial charge in [-0.2, -0.15) is 10.5 Å². The van der Waals surface area contributed by atoms with Crippen molar-refractivity contribution in [2.45, 2.75) is 296 Å². The molecule has 3 heterocycles. The van der Waals surface area contributed by atoms with Crippen molar-refractivity contribution in [3.05, 3.63) is 22.8 Å². The number of hydrogen-bond donors (Lipinski definition) is 0. The average Bonchev–Trinajstić information content (AvgIpc) is 1.56. The fraction of sp³-hybridized carbons (Fsp3) is 0.822. The summed E-state index contributed by atoms with van der Waals surface area (Å²) < 4.78 is 71.1. The van der Waals surface area contributed by atoms with Gasteiger partial charge in [-0.25, -0.2) is 17.9 Å². The Labute approximate surface area is 786 Å². The van der Waals surface area contributed by atoms with Gasteiger partial charge in [-0.05, 0) is 234 Å². The number of ether oxygens (including phenoxy) is 14. The number of carbonyl (C=O) groups excluding carboxylic acids is 14. The van der Waals surface area contributed by atoms with Crippen LogP contribution in [-0.4, -0.2) is 189 Å². The third kappa shape index (κ3) is 25.4. The summed E-state index contributed by atoms with van der Waals surface area (Å²) in [6, 6.07) is 4.72. The molecule has 28 unspecified atom stereocenters. The summed E-state index contributed by atoms with van der Waals surface area (Å²) in [7, 11) is 8.13. The number of carbonyl (C=O) groups is 14. The average molecular weight is 1870 g/mol. The third-order valence-electron chi connectivity index (χ3n) is 32.5. The molecule has 133 heavy (non-hydrogen) atoms. The van der Waals surface area contributed by atoms with E-state index in [1.807, 2.05) is 96.9 Å². The Morgan fingerprint density at radius 3 is 1.11 bits per heavy atom. The molecule has 3 saturated heterocycles. The van der Waals surface area contributed by atoms with Crippen LogP contribution in [-0.2, 0) is 133 Å². The van der Waals surface area contributed by atoms with Gasteiger partial charge < -0.3 is 76.0 Å². The van der Waals surface area contributed by atoms with E-state index in [0.29, 0.717) is 49.9 Å². The van der Waals surface area contributed by atoms with Crippen LogP contribution < -0.4 is 0 Å². The number of nitrogens with zero attached hydrogens (tertiary/aromatic N) is 4. The van der Waals surface area contributed by atoms with Gasteiger partial charge in [0.25, 0.3) is 0 Å². The molecule has 15 fully saturated rings. The highest BCUT2D eigenvalue weighted by molar-refractivity contribution is 5.89. The molecule has 0 aromatic rings. The Bertz CT molecular complexity index is 4220. The van der Waals surface area contributed by atoms with E-state index < -0.39 is 119 Å². The van der Waals surface area contributed by atoms with Crippen molar-refractivity contribution < 1.29 is 133 Å². The number of fused-ring (bicyclic) bond motifs is 9. The number of nitriles is 2. The smallest absolute Gasteiger partial charge is 0.344 e. The first-order chi connectivity index (χ1) is 62.5. The minimum Gasteiger partial charge on any atom is -0.469 e. The van der Waals surface area contributed by atoms with Crippen molar-refractivity contribution in [1.82, 2.24) is 0 Å². The predicted molar refractivity (Wildman–Crippen MR) is 478 cm³/mol. The van der Waals surface area contributed by atoms with Crippen LogP contribution >= 0.6 is 0 Å². The Kier molecular flexibility index (Phi) is 39.4. The molecule has 0 radical (unpaired) electrons.